The first kappa shape index (κ1) is 16.3. The van der Waals surface area contributed by atoms with E-state index in [2.05, 4.69) is 24.5 Å². The summed E-state index contributed by atoms with van der Waals surface area (Å²) in [5.41, 5.74) is 4.98. The number of hydrogen-bond acceptors (Lipinski definition) is 4. The SMILES string of the molecule is CC(=O)Oc1cc(C(C)C)n2c1-c1c(nc3ccccc3c1C#N)CC2. The molecule has 0 fully saturated rings. The van der Waals surface area contributed by atoms with Crippen molar-refractivity contribution in [2.45, 2.75) is 39.7 Å². The molecule has 26 heavy (non-hydrogen) atoms. The number of nitrogens with zero attached hydrogens (tertiary/aromatic N) is 3. The molecule has 0 spiro atoms. The fourth-order valence-corrected chi connectivity index (χ4v) is 3.79. The lowest BCUT2D eigenvalue weighted by molar-refractivity contribution is -0.131. The predicted octanol–water partition coefficient (Wildman–Crippen LogP) is 4.18. The highest BCUT2D eigenvalue weighted by Crippen LogP contribution is 2.43. The first-order valence-electron chi connectivity index (χ1n) is 8.75. The van der Waals surface area contributed by atoms with Crippen LogP contribution < -0.4 is 4.74 Å². The second-order valence-corrected chi connectivity index (χ2v) is 6.87. The van der Waals surface area contributed by atoms with E-state index in [1.807, 2.05) is 30.3 Å². The highest BCUT2D eigenvalue weighted by Gasteiger charge is 2.30. The number of fused-ring (bicyclic) bond motifs is 4. The average Bonchev–Trinajstić information content (AvgIpc) is 2.98. The first-order valence-corrected chi connectivity index (χ1v) is 8.75. The molecule has 1 aliphatic heterocycles. The number of aromatic nitrogens is 2. The van der Waals surface area contributed by atoms with Crippen molar-refractivity contribution >= 4 is 16.9 Å². The van der Waals surface area contributed by atoms with Crippen LogP contribution in [-0.4, -0.2) is 15.5 Å². The quantitative estimate of drug-likeness (QED) is 0.653. The summed E-state index contributed by atoms with van der Waals surface area (Å²) < 4.78 is 7.68. The highest BCUT2D eigenvalue weighted by molar-refractivity contribution is 5.94. The van der Waals surface area contributed by atoms with E-state index in [0.717, 1.165) is 46.5 Å². The van der Waals surface area contributed by atoms with E-state index in [-0.39, 0.29) is 11.9 Å². The Morgan fingerprint density at radius 3 is 2.81 bits per heavy atom. The molecule has 0 amide bonds. The van der Waals surface area contributed by atoms with Crippen LogP contribution in [0.25, 0.3) is 22.2 Å². The number of ether oxygens (including phenoxy) is 1. The van der Waals surface area contributed by atoms with Gasteiger partial charge >= 0.3 is 5.97 Å². The molecule has 3 aromatic rings. The van der Waals surface area contributed by atoms with E-state index in [4.69, 9.17) is 9.72 Å². The highest BCUT2D eigenvalue weighted by atomic mass is 16.5. The minimum absolute atomic E-state index is 0.276. The summed E-state index contributed by atoms with van der Waals surface area (Å²) in [7, 11) is 0. The van der Waals surface area contributed by atoms with Crippen molar-refractivity contribution in [2.24, 2.45) is 0 Å². The topological polar surface area (TPSA) is 67.9 Å². The molecule has 0 unspecified atom stereocenters. The zero-order valence-electron chi connectivity index (χ0n) is 15.0. The molecular weight excluding hydrogens is 326 g/mol. The van der Waals surface area contributed by atoms with Crippen LogP contribution >= 0.6 is 0 Å². The van der Waals surface area contributed by atoms with E-state index in [1.165, 1.54) is 6.92 Å². The number of pyridine rings is 1. The first-order chi connectivity index (χ1) is 12.5. The number of benzene rings is 1. The molecule has 0 saturated heterocycles. The normalized spacial score (nSPS) is 12.6. The molecule has 1 aliphatic rings. The van der Waals surface area contributed by atoms with Crippen LogP contribution in [0.4, 0.5) is 0 Å². The van der Waals surface area contributed by atoms with Crippen molar-refractivity contribution in [3.05, 3.63) is 47.3 Å². The third-order valence-electron chi connectivity index (χ3n) is 4.83. The predicted molar refractivity (Wildman–Crippen MR) is 99.0 cm³/mol. The maximum atomic E-state index is 11.6. The molecule has 0 N–H and O–H groups in total. The van der Waals surface area contributed by atoms with Gasteiger partial charge in [-0.1, -0.05) is 32.0 Å². The number of para-hydroxylation sites is 1. The van der Waals surface area contributed by atoms with Gasteiger partial charge in [-0.25, -0.2) is 0 Å². The van der Waals surface area contributed by atoms with Crippen molar-refractivity contribution in [3.8, 4) is 23.1 Å². The molecule has 5 nitrogen and oxygen atoms in total. The van der Waals surface area contributed by atoms with Gasteiger partial charge in [0.15, 0.2) is 5.75 Å². The third kappa shape index (κ3) is 2.38. The van der Waals surface area contributed by atoms with Gasteiger partial charge in [0, 0.05) is 42.6 Å². The Labute approximate surface area is 151 Å². The summed E-state index contributed by atoms with van der Waals surface area (Å²) in [5.74, 6) is 0.419. The van der Waals surface area contributed by atoms with Crippen LogP contribution in [0.2, 0.25) is 0 Å². The van der Waals surface area contributed by atoms with Crippen molar-refractivity contribution in [1.29, 1.82) is 5.26 Å². The van der Waals surface area contributed by atoms with Crippen molar-refractivity contribution in [2.75, 3.05) is 0 Å². The zero-order valence-corrected chi connectivity index (χ0v) is 15.0. The van der Waals surface area contributed by atoms with Gasteiger partial charge in [-0.2, -0.15) is 5.26 Å². The Balaban J connectivity index is 2.09. The molecule has 0 saturated carbocycles. The molecule has 3 heterocycles. The fraction of sp³-hybridized carbons (Fsp3) is 0.286. The molecule has 4 rings (SSSR count). The standard InChI is InChI=1S/C21H19N3O2/c1-12(2)18-10-19(26-13(3)25)21-20-15(11-22)14-6-4-5-7-16(14)23-17(20)8-9-24(18)21/h4-7,10,12H,8-9H2,1-3H3. The van der Waals surface area contributed by atoms with Crippen molar-refractivity contribution in [3.63, 3.8) is 0 Å². The number of rotatable bonds is 2. The zero-order chi connectivity index (χ0) is 18.4. The van der Waals surface area contributed by atoms with Crippen LogP contribution in [0.3, 0.4) is 0 Å². The van der Waals surface area contributed by atoms with Gasteiger partial charge < -0.3 is 9.30 Å². The number of esters is 1. The molecule has 130 valence electrons. The van der Waals surface area contributed by atoms with Gasteiger partial charge in [0.25, 0.3) is 0 Å². The largest absolute Gasteiger partial charge is 0.424 e. The summed E-state index contributed by atoms with van der Waals surface area (Å²) >= 11 is 0. The molecule has 5 heteroatoms. The molecule has 0 radical (unpaired) electrons. The molecule has 0 atom stereocenters. The van der Waals surface area contributed by atoms with Crippen LogP contribution in [0.5, 0.6) is 5.75 Å². The summed E-state index contributed by atoms with van der Waals surface area (Å²) in [6.45, 7) is 6.37. The fourth-order valence-electron chi connectivity index (χ4n) is 3.79. The van der Waals surface area contributed by atoms with Crippen LogP contribution in [0, 0.1) is 11.3 Å². The average molecular weight is 345 g/mol. The smallest absolute Gasteiger partial charge is 0.308 e. The number of hydrogen-bond donors (Lipinski definition) is 0. The maximum Gasteiger partial charge on any atom is 0.308 e. The summed E-state index contributed by atoms with van der Waals surface area (Å²) in [6.07, 6.45) is 0.746. The van der Waals surface area contributed by atoms with Gasteiger partial charge in [0.2, 0.25) is 0 Å². The van der Waals surface area contributed by atoms with Gasteiger partial charge in [0.1, 0.15) is 6.07 Å². The molecule has 0 bridgehead atoms. The van der Waals surface area contributed by atoms with Crippen LogP contribution in [0.15, 0.2) is 30.3 Å². The molecular formula is C21H19N3O2. The summed E-state index contributed by atoms with van der Waals surface area (Å²) in [5, 5.41) is 10.7. The van der Waals surface area contributed by atoms with E-state index < -0.39 is 0 Å². The lowest BCUT2D eigenvalue weighted by Gasteiger charge is -2.24. The summed E-state index contributed by atoms with van der Waals surface area (Å²) in [6, 6.07) is 12.0. The second kappa shape index (κ2) is 5.99. The number of carbonyl (C=O) groups excluding carboxylic acids is 1. The van der Waals surface area contributed by atoms with E-state index in [0.29, 0.717) is 11.3 Å². The third-order valence-corrected chi connectivity index (χ3v) is 4.83. The van der Waals surface area contributed by atoms with Gasteiger partial charge in [-0.05, 0) is 12.0 Å². The van der Waals surface area contributed by atoms with E-state index in [9.17, 15) is 10.1 Å². The minimum Gasteiger partial charge on any atom is -0.424 e. The summed E-state index contributed by atoms with van der Waals surface area (Å²) in [4.78, 5) is 16.4. The Bertz CT molecular complexity index is 1090. The molecule has 1 aromatic carbocycles. The van der Waals surface area contributed by atoms with Gasteiger partial charge in [-0.3, -0.25) is 9.78 Å². The van der Waals surface area contributed by atoms with Gasteiger partial charge in [0.05, 0.1) is 22.5 Å². The Hall–Kier alpha value is -3.13. The van der Waals surface area contributed by atoms with Gasteiger partial charge in [-0.15, -0.1) is 0 Å². The monoisotopic (exact) mass is 345 g/mol. The van der Waals surface area contributed by atoms with Crippen LogP contribution in [0.1, 0.15) is 43.6 Å². The number of carbonyl (C=O) groups is 1. The number of aryl methyl sites for hydroxylation is 1. The van der Waals surface area contributed by atoms with Crippen molar-refractivity contribution in [1.82, 2.24) is 9.55 Å². The Morgan fingerprint density at radius 1 is 1.35 bits per heavy atom. The van der Waals surface area contributed by atoms with E-state index >= 15 is 0 Å². The Morgan fingerprint density at radius 2 is 2.12 bits per heavy atom. The maximum absolute atomic E-state index is 11.6. The Kier molecular flexibility index (Phi) is 3.77. The van der Waals surface area contributed by atoms with Crippen LogP contribution in [-0.2, 0) is 17.8 Å². The molecule has 2 aromatic heterocycles. The molecule has 0 aliphatic carbocycles. The second-order valence-electron chi connectivity index (χ2n) is 6.87. The van der Waals surface area contributed by atoms with E-state index in [1.54, 1.807) is 0 Å². The lowest BCUT2D eigenvalue weighted by Crippen LogP contribution is -2.17. The lowest BCUT2D eigenvalue weighted by atomic mass is 9.95. The minimum atomic E-state index is -0.368. The number of nitriles is 1. The van der Waals surface area contributed by atoms with Crippen molar-refractivity contribution < 1.29 is 9.53 Å².